The van der Waals surface area contributed by atoms with Gasteiger partial charge in [0.1, 0.15) is 0 Å². The van der Waals surface area contributed by atoms with E-state index in [-0.39, 0.29) is 10.5 Å². The number of nitrogens with zero attached hydrogens (tertiary/aromatic N) is 2. The maximum absolute atomic E-state index is 5.47. The molecule has 0 unspecified atom stereocenters. The Balaban J connectivity index is 2.94. The Morgan fingerprint density at radius 1 is 1.62 bits per heavy atom. The molecule has 16 heavy (non-hydrogen) atoms. The SMILES string of the molecule is CC1=C(/C=N/N(C)C(N)=S)C(C)(C)CC=C1. The fourth-order valence-corrected chi connectivity index (χ4v) is 1.79. The average molecular weight is 237 g/mol. The van der Waals surface area contributed by atoms with Gasteiger partial charge in [-0.1, -0.05) is 26.0 Å². The zero-order valence-corrected chi connectivity index (χ0v) is 11.1. The maximum Gasteiger partial charge on any atom is 0.186 e. The Kier molecular flexibility index (Phi) is 3.86. The van der Waals surface area contributed by atoms with E-state index in [1.807, 2.05) is 6.21 Å². The topological polar surface area (TPSA) is 41.6 Å². The molecule has 2 N–H and O–H groups in total. The maximum atomic E-state index is 5.47. The Labute approximate surface area is 103 Å². The molecule has 0 fully saturated rings. The van der Waals surface area contributed by atoms with Gasteiger partial charge in [0.15, 0.2) is 5.11 Å². The van der Waals surface area contributed by atoms with E-state index >= 15 is 0 Å². The molecular weight excluding hydrogens is 218 g/mol. The summed E-state index contributed by atoms with van der Waals surface area (Å²) in [5.74, 6) is 0. The third kappa shape index (κ3) is 2.92. The quantitative estimate of drug-likeness (QED) is 0.456. The molecule has 1 aliphatic rings. The van der Waals surface area contributed by atoms with E-state index < -0.39 is 0 Å². The summed E-state index contributed by atoms with van der Waals surface area (Å²) in [6.07, 6.45) is 7.22. The molecule has 1 rings (SSSR count). The summed E-state index contributed by atoms with van der Waals surface area (Å²) in [5.41, 5.74) is 8.07. The van der Waals surface area contributed by atoms with Crippen LogP contribution >= 0.6 is 12.2 Å². The molecule has 88 valence electrons. The van der Waals surface area contributed by atoms with Crippen LogP contribution in [0.25, 0.3) is 0 Å². The van der Waals surface area contributed by atoms with Gasteiger partial charge in [-0.05, 0) is 42.1 Å². The van der Waals surface area contributed by atoms with Gasteiger partial charge in [-0.25, -0.2) is 5.01 Å². The van der Waals surface area contributed by atoms with Crippen molar-refractivity contribution in [2.24, 2.45) is 16.3 Å². The molecule has 0 radical (unpaired) electrons. The number of hydrazone groups is 1. The number of nitrogens with two attached hydrogens (primary N) is 1. The van der Waals surface area contributed by atoms with Crippen LogP contribution in [0.4, 0.5) is 0 Å². The molecule has 0 aromatic carbocycles. The first-order valence-electron chi connectivity index (χ1n) is 5.29. The van der Waals surface area contributed by atoms with Crippen LogP contribution in [0.15, 0.2) is 28.4 Å². The molecule has 0 aromatic rings. The van der Waals surface area contributed by atoms with Gasteiger partial charge >= 0.3 is 0 Å². The monoisotopic (exact) mass is 237 g/mol. The molecule has 0 saturated heterocycles. The largest absolute Gasteiger partial charge is 0.375 e. The molecule has 0 bridgehead atoms. The molecular formula is C12H19N3S. The molecule has 0 aliphatic heterocycles. The van der Waals surface area contributed by atoms with Crippen LogP contribution in [-0.4, -0.2) is 23.4 Å². The number of hydrogen-bond acceptors (Lipinski definition) is 2. The first-order chi connectivity index (χ1) is 7.34. The van der Waals surface area contributed by atoms with E-state index in [9.17, 15) is 0 Å². The second kappa shape index (κ2) is 4.78. The van der Waals surface area contributed by atoms with Crippen LogP contribution < -0.4 is 5.73 Å². The van der Waals surface area contributed by atoms with Gasteiger partial charge < -0.3 is 5.73 Å². The zero-order chi connectivity index (χ0) is 12.3. The molecule has 0 amide bonds. The molecule has 4 heteroatoms. The minimum absolute atomic E-state index is 0.124. The lowest BCUT2D eigenvalue weighted by Crippen LogP contribution is -2.28. The summed E-state index contributed by atoms with van der Waals surface area (Å²) < 4.78 is 0. The minimum Gasteiger partial charge on any atom is -0.375 e. The third-order valence-electron chi connectivity index (χ3n) is 2.83. The summed E-state index contributed by atoms with van der Waals surface area (Å²) in [6, 6.07) is 0. The average Bonchev–Trinajstić information content (AvgIpc) is 2.15. The predicted molar refractivity (Wildman–Crippen MR) is 73.3 cm³/mol. The Hall–Kier alpha value is -1.16. The summed E-state index contributed by atoms with van der Waals surface area (Å²) in [7, 11) is 1.75. The molecule has 0 spiro atoms. The lowest BCUT2D eigenvalue weighted by Gasteiger charge is -2.29. The van der Waals surface area contributed by atoms with Crippen LogP contribution in [0.3, 0.4) is 0 Å². The van der Waals surface area contributed by atoms with Crippen molar-refractivity contribution >= 4 is 23.5 Å². The van der Waals surface area contributed by atoms with E-state index in [2.05, 4.69) is 38.0 Å². The van der Waals surface area contributed by atoms with Crippen molar-refractivity contribution in [3.8, 4) is 0 Å². The summed E-state index contributed by atoms with van der Waals surface area (Å²) in [4.78, 5) is 0. The third-order valence-corrected chi connectivity index (χ3v) is 3.09. The molecule has 3 nitrogen and oxygen atoms in total. The minimum atomic E-state index is 0.124. The number of hydrogen-bond donors (Lipinski definition) is 1. The standard InChI is InChI=1S/C12H19N3S/c1-9-6-5-7-12(2,3)10(9)8-14-15(4)11(13)16/h5-6,8H,7H2,1-4H3,(H2,13,16)/b14-8+. The van der Waals surface area contributed by atoms with Crippen LogP contribution in [0.1, 0.15) is 27.2 Å². The van der Waals surface area contributed by atoms with Crippen LogP contribution in [0.5, 0.6) is 0 Å². The Morgan fingerprint density at radius 3 is 2.75 bits per heavy atom. The van der Waals surface area contributed by atoms with Crippen molar-refractivity contribution < 1.29 is 0 Å². The van der Waals surface area contributed by atoms with E-state index in [4.69, 9.17) is 18.0 Å². The lowest BCUT2D eigenvalue weighted by molar-refractivity contribution is 0.461. The molecule has 0 heterocycles. The van der Waals surface area contributed by atoms with E-state index in [0.29, 0.717) is 0 Å². The molecule has 0 atom stereocenters. The van der Waals surface area contributed by atoms with Crippen LogP contribution in [-0.2, 0) is 0 Å². The summed E-state index contributed by atoms with van der Waals surface area (Å²) >= 11 is 4.83. The van der Waals surface area contributed by atoms with Crippen molar-refractivity contribution in [2.75, 3.05) is 7.05 Å². The van der Waals surface area contributed by atoms with Crippen LogP contribution in [0.2, 0.25) is 0 Å². The highest BCUT2D eigenvalue weighted by atomic mass is 32.1. The zero-order valence-electron chi connectivity index (χ0n) is 10.3. The summed E-state index contributed by atoms with van der Waals surface area (Å²) in [5, 5.41) is 6.02. The number of rotatable bonds is 2. The van der Waals surface area contributed by atoms with E-state index in [1.165, 1.54) is 16.2 Å². The van der Waals surface area contributed by atoms with Crippen molar-refractivity contribution in [1.82, 2.24) is 5.01 Å². The van der Waals surface area contributed by atoms with Gasteiger partial charge in [0, 0.05) is 7.05 Å². The fourth-order valence-electron chi connectivity index (χ4n) is 1.74. The smallest absolute Gasteiger partial charge is 0.186 e. The molecule has 1 aliphatic carbocycles. The van der Waals surface area contributed by atoms with Gasteiger partial charge in [-0.15, -0.1) is 0 Å². The van der Waals surface area contributed by atoms with Crippen molar-refractivity contribution in [1.29, 1.82) is 0 Å². The predicted octanol–water partition coefficient (Wildman–Crippen LogP) is 2.45. The van der Waals surface area contributed by atoms with E-state index in [0.717, 1.165) is 6.42 Å². The van der Waals surface area contributed by atoms with Crippen molar-refractivity contribution in [3.05, 3.63) is 23.3 Å². The normalized spacial score (nSPS) is 19.2. The first kappa shape index (κ1) is 12.9. The Bertz CT molecular complexity index is 378. The van der Waals surface area contributed by atoms with Gasteiger partial charge in [-0.3, -0.25) is 0 Å². The molecule has 0 aromatic heterocycles. The summed E-state index contributed by atoms with van der Waals surface area (Å²) in [6.45, 7) is 6.52. The Morgan fingerprint density at radius 2 is 2.25 bits per heavy atom. The van der Waals surface area contributed by atoms with Crippen LogP contribution in [0, 0.1) is 5.41 Å². The number of thiocarbonyl (C=S) groups is 1. The van der Waals surface area contributed by atoms with Gasteiger partial charge in [0.05, 0.1) is 6.21 Å². The van der Waals surface area contributed by atoms with Gasteiger partial charge in [-0.2, -0.15) is 5.10 Å². The number of allylic oxidation sites excluding steroid dienone is 4. The highest BCUT2D eigenvalue weighted by Gasteiger charge is 2.24. The highest BCUT2D eigenvalue weighted by molar-refractivity contribution is 7.80. The second-order valence-electron chi connectivity index (χ2n) is 4.69. The lowest BCUT2D eigenvalue weighted by atomic mass is 9.76. The van der Waals surface area contributed by atoms with E-state index in [1.54, 1.807) is 7.05 Å². The molecule has 0 saturated carbocycles. The van der Waals surface area contributed by atoms with Crippen molar-refractivity contribution in [3.63, 3.8) is 0 Å². The van der Waals surface area contributed by atoms with Gasteiger partial charge in [0.2, 0.25) is 0 Å². The fraction of sp³-hybridized carbons (Fsp3) is 0.500. The highest BCUT2D eigenvalue weighted by Crippen LogP contribution is 2.35. The second-order valence-corrected chi connectivity index (χ2v) is 5.11. The van der Waals surface area contributed by atoms with Gasteiger partial charge in [0.25, 0.3) is 0 Å². The first-order valence-corrected chi connectivity index (χ1v) is 5.70. The van der Waals surface area contributed by atoms with Crippen molar-refractivity contribution in [2.45, 2.75) is 27.2 Å².